The van der Waals surface area contributed by atoms with Gasteiger partial charge in [0.05, 0.1) is 6.61 Å². The Morgan fingerprint density at radius 3 is 2.38 bits per heavy atom. The molecule has 5 nitrogen and oxygen atoms in total. The van der Waals surface area contributed by atoms with Gasteiger partial charge in [-0.2, -0.15) is 0 Å². The Bertz CT molecular complexity index is 67.1. The number of hydrogen-bond acceptors (Lipinski definition) is 4. The van der Waals surface area contributed by atoms with Crippen LogP contribution in [0, 0.1) is 10.1 Å². The fourth-order valence-electron chi connectivity index (χ4n) is 0.115. The van der Waals surface area contributed by atoms with Gasteiger partial charge in [0.1, 0.15) is 6.61 Å². The van der Waals surface area contributed by atoms with E-state index in [4.69, 9.17) is 5.11 Å². The smallest absolute Gasteiger partial charge is 0.294 e. The molecule has 0 aromatic rings. The van der Waals surface area contributed by atoms with Gasteiger partial charge in [-0.25, -0.2) is 0 Å². The van der Waals surface area contributed by atoms with E-state index in [9.17, 15) is 10.1 Å². The summed E-state index contributed by atoms with van der Waals surface area (Å²) in [7, 11) is 0. The van der Waals surface area contributed by atoms with Crippen LogP contribution < -0.4 is 0 Å². The molecular weight excluding hydrogens is 210 g/mol. The van der Waals surface area contributed by atoms with Crippen molar-refractivity contribution >= 4 is 0 Å². The molecule has 0 spiro atoms. The molecule has 1 radical (unpaired) electrons. The number of nitrogens with zero attached hydrogens (tertiary/aromatic N) is 1. The van der Waals surface area contributed by atoms with Crippen molar-refractivity contribution in [1.29, 1.82) is 0 Å². The summed E-state index contributed by atoms with van der Waals surface area (Å²) in [6, 6.07) is 0. The summed E-state index contributed by atoms with van der Waals surface area (Å²) >= 11 is 0. The average molecular weight is 215 g/mol. The van der Waals surface area contributed by atoms with Crippen LogP contribution in [-0.4, -0.2) is 23.4 Å². The largest absolute Gasteiger partial charge is 0.394 e. The Morgan fingerprint density at radius 1 is 1.75 bits per heavy atom. The molecule has 0 aliphatic heterocycles. The predicted molar refractivity (Wildman–Crippen MR) is 20.0 cm³/mol. The molecule has 0 saturated carbocycles. The summed E-state index contributed by atoms with van der Waals surface area (Å²) in [6.45, 7) is -0.562. The van der Waals surface area contributed by atoms with Gasteiger partial charge in [0.25, 0.3) is 5.09 Å². The van der Waals surface area contributed by atoms with E-state index in [-0.39, 0.29) is 35.6 Å². The standard InChI is InChI=1S/C2H5NO4.Ag/c4-1-2-7-3(5)6;/h4H,1-2H2;. The molecule has 0 fully saturated rings. The second-order valence-corrected chi connectivity index (χ2v) is 0.780. The zero-order chi connectivity index (χ0) is 5.70. The first-order valence-corrected chi connectivity index (χ1v) is 1.65. The summed E-state index contributed by atoms with van der Waals surface area (Å²) in [4.78, 5) is 12.9. The van der Waals surface area contributed by atoms with Gasteiger partial charge in [0.2, 0.25) is 0 Å². The van der Waals surface area contributed by atoms with Gasteiger partial charge >= 0.3 is 0 Å². The van der Waals surface area contributed by atoms with Crippen molar-refractivity contribution in [2.45, 2.75) is 0 Å². The van der Waals surface area contributed by atoms with Crippen molar-refractivity contribution in [2.75, 3.05) is 13.2 Å². The first kappa shape index (κ1) is 10.8. The molecule has 0 aliphatic carbocycles. The molecule has 0 rings (SSSR count). The van der Waals surface area contributed by atoms with E-state index in [0.717, 1.165) is 0 Å². The van der Waals surface area contributed by atoms with Gasteiger partial charge < -0.3 is 9.94 Å². The minimum atomic E-state index is -0.948. The molecule has 0 amide bonds. The molecule has 0 bridgehead atoms. The van der Waals surface area contributed by atoms with Crippen molar-refractivity contribution in [1.82, 2.24) is 0 Å². The quantitative estimate of drug-likeness (QED) is 0.379. The Labute approximate surface area is 61.3 Å². The zero-order valence-corrected chi connectivity index (χ0v) is 5.32. The molecular formula is C2H5AgNO4. The minimum absolute atomic E-state index is 0. The van der Waals surface area contributed by atoms with Crippen molar-refractivity contribution < 1.29 is 37.4 Å². The maximum atomic E-state index is 9.23. The van der Waals surface area contributed by atoms with Crippen LogP contribution in [0.15, 0.2) is 0 Å². The van der Waals surface area contributed by atoms with Crippen LogP contribution in [0.4, 0.5) is 0 Å². The number of rotatable bonds is 3. The summed E-state index contributed by atoms with van der Waals surface area (Å²) in [6.07, 6.45) is 0. The van der Waals surface area contributed by atoms with Crippen molar-refractivity contribution in [3.63, 3.8) is 0 Å². The van der Waals surface area contributed by atoms with E-state index in [2.05, 4.69) is 4.84 Å². The third kappa shape index (κ3) is 9.31. The first-order valence-electron chi connectivity index (χ1n) is 1.65. The third-order valence-corrected chi connectivity index (χ3v) is 0.288. The van der Waals surface area contributed by atoms with Crippen LogP contribution >= 0.6 is 0 Å². The van der Waals surface area contributed by atoms with Crippen molar-refractivity contribution in [3.8, 4) is 0 Å². The van der Waals surface area contributed by atoms with E-state index < -0.39 is 5.09 Å². The van der Waals surface area contributed by atoms with Crippen LogP contribution in [0.2, 0.25) is 0 Å². The molecule has 8 heavy (non-hydrogen) atoms. The summed E-state index contributed by atoms with van der Waals surface area (Å²) in [5.74, 6) is 0. The second kappa shape index (κ2) is 6.90. The molecule has 6 heteroatoms. The van der Waals surface area contributed by atoms with Crippen LogP contribution in [0.3, 0.4) is 0 Å². The minimum Gasteiger partial charge on any atom is -0.394 e. The maximum Gasteiger partial charge on any atom is 0.294 e. The van der Waals surface area contributed by atoms with E-state index in [1.54, 1.807) is 0 Å². The van der Waals surface area contributed by atoms with E-state index in [1.165, 1.54) is 0 Å². The second-order valence-electron chi connectivity index (χ2n) is 0.780. The van der Waals surface area contributed by atoms with Crippen LogP contribution in [0.5, 0.6) is 0 Å². The first-order chi connectivity index (χ1) is 3.27. The summed E-state index contributed by atoms with van der Waals surface area (Å²) in [5, 5.41) is 16.2. The monoisotopic (exact) mass is 214 g/mol. The third-order valence-electron chi connectivity index (χ3n) is 0.288. The molecule has 0 heterocycles. The maximum absolute atomic E-state index is 9.23. The normalized spacial score (nSPS) is 7.12. The van der Waals surface area contributed by atoms with Crippen LogP contribution in [0.1, 0.15) is 0 Å². The topological polar surface area (TPSA) is 72.6 Å². The zero-order valence-electron chi connectivity index (χ0n) is 3.83. The number of aliphatic hydroxyl groups is 1. The SMILES string of the molecule is O=[N+]([O-])OCCO.[Ag]. The average Bonchev–Trinajstić information content (AvgIpc) is 1.61. The Balaban J connectivity index is 0. The van der Waals surface area contributed by atoms with Gasteiger partial charge in [0.15, 0.2) is 0 Å². The Morgan fingerprint density at radius 2 is 2.25 bits per heavy atom. The van der Waals surface area contributed by atoms with Gasteiger partial charge in [-0.3, -0.25) is 0 Å². The van der Waals surface area contributed by atoms with Gasteiger partial charge in [0, 0.05) is 22.4 Å². The van der Waals surface area contributed by atoms with Crippen LogP contribution in [0.25, 0.3) is 0 Å². The van der Waals surface area contributed by atoms with Gasteiger partial charge in [-0.1, -0.05) is 0 Å². The van der Waals surface area contributed by atoms with Crippen LogP contribution in [-0.2, 0) is 27.2 Å². The van der Waals surface area contributed by atoms with E-state index in [1.807, 2.05) is 0 Å². The van der Waals surface area contributed by atoms with E-state index in [0.29, 0.717) is 0 Å². The van der Waals surface area contributed by atoms with Crippen molar-refractivity contribution in [2.24, 2.45) is 0 Å². The molecule has 1 N–H and O–H groups in total. The summed E-state index contributed by atoms with van der Waals surface area (Å²) < 4.78 is 0. The van der Waals surface area contributed by atoms with Crippen molar-refractivity contribution in [3.05, 3.63) is 10.1 Å². The molecule has 0 atom stereocenters. The molecule has 0 saturated heterocycles. The predicted octanol–water partition coefficient (Wildman–Crippen LogP) is -0.816. The van der Waals surface area contributed by atoms with Gasteiger partial charge in [-0.05, 0) is 0 Å². The Hall–Kier alpha value is -0.0997. The molecule has 0 aromatic carbocycles. The number of aliphatic hydroxyl groups excluding tert-OH is 1. The fraction of sp³-hybridized carbons (Fsp3) is 1.00. The Kier molecular flexibility index (Phi) is 9.32. The number of hydrogen-bond donors (Lipinski definition) is 1. The molecule has 0 unspecified atom stereocenters. The molecule has 53 valence electrons. The molecule has 0 aliphatic rings. The summed E-state index contributed by atoms with van der Waals surface area (Å²) in [5.41, 5.74) is 0. The molecule has 0 aromatic heterocycles. The van der Waals surface area contributed by atoms with Gasteiger partial charge in [-0.15, -0.1) is 10.1 Å². The fourth-order valence-corrected chi connectivity index (χ4v) is 0.115. The van der Waals surface area contributed by atoms with E-state index >= 15 is 0 Å².